The Bertz CT molecular complexity index is 242. The lowest BCUT2D eigenvalue weighted by molar-refractivity contribution is -0.867. The second-order valence-corrected chi connectivity index (χ2v) is 3.92. The zero-order valence-corrected chi connectivity index (χ0v) is 8.53. The van der Waals surface area contributed by atoms with Gasteiger partial charge in [0.05, 0.1) is 19.6 Å². The summed E-state index contributed by atoms with van der Waals surface area (Å²) in [6, 6.07) is 0. The normalized spacial score (nSPS) is 21.1. The molecule has 1 aliphatic heterocycles. The lowest BCUT2D eigenvalue weighted by Gasteiger charge is -2.38. The van der Waals surface area contributed by atoms with Crippen LogP contribution in [0.15, 0.2) is 11.6 Å². The molecular weight excluding hydrogens is 182 g/mol. The number of hydrogen-bond donors (Lipinski definition) is 1. The lowest BCUT2D eigenvalue weighted by Crippen LogP contribution is -2.39. The Kier molecular flexibility index (Phi) is 3.66. The molecule has 1 aliphatic rings. The van der Waals surface area contributed by atoms with Crippen LogP contribution in [-0.2, 0) is 4.79 Å². The molecule has 0 bridgehead atoms. The summed E-state index contributed by atoms with van der Waals surface area (Å²) < 4.78 is -0.136. The minimum atomic E-state index is -0.899. The van der Waals surface area contributed by atoms with Crippen LogP contribution in [0, 0.1) is 5.21 Å². The SMILES string of the molecule is CC(=CCC[N+]1([O-])CCCC1)C(=O)O. The van der Waals surface area contributed by atoms with Crippen molar-refractivity contribution in [1.29, 1.82) is 0 Å². The van der Waals surface area contributed by atoms with Gasteiger partial charge < -0.3 is 15.0 Å². The van der Waals surface area contributed by atoms with E-state index in [4.69, 9.17) is 5.11 Å². The van der Waals surface area contributed by atoms with Crippen molar-refractivity contribution >= 4 is 5.97 Å². The van der Waals surface area contributed by atoms with E-state index in [9.17, 15) is 10.0 Å². The smallest absolute Gasteiger partial charge is 0.330 e. The van der Waals surface area contributed by atoms with Gasteiger partial charge in [-0.15, -0.1) is 0 Å². The fraction of sp³-hybridized carbons (Fsp3) is 0.700. The van der Waals surface area contributed by atoms with Crippen LogP contribution in [0.25, 0.3) is 0 Å². The van der Waals surface area contributed by atoms with Gasteiger partial charge in [-0.2, -0.15) is 0 Å². The molecule has 0 aliphatic carbocycles. The number of hydrogen-bond acceptors (Lipinski definition) is 2. The predicted molar refractivity (Wildman–Crippen MR) is 53.5 cm³/mol. The molecule has 4 nitrogen and oxygen atoms in total. The molecule has 0 spiro atoms. The van der Waals surface area contributed by atoms with Gasteiger partial charge in [-0.25, -0.2) is 4.79 Å². The molecule has 1 N–H and O–H groups in total. The van der Waals surface area contributed by atoms with Gasteiger partial charge in [0.1, 0.15) is 0 Å². The Morgan fingerprint density at radius 1 is 1.50 bits per heavy atom. The van der Waals surface area contributed by atoms with Crippen LogP contribution in [0.2, 0.25) is 0 Å². The largest absolute Gasteiger partial charge is 0.633 e. The molecule has 0 amide bonds. The zero-order valence-electron chi connectivity index (χ0n) is 8.53. The summed E-state index contributed by atoms with van der Waals surface area (Å²) >= 11 is 0. The Morgan fingerprint density at radius 2 is 2.07 bits per heavy atom. The summed E-state index contributed by atoms with van der Waals surface area (Å²) in [5.41, 5.74) is 0.329. The van der Waals surface area contributed by atoms with Crippen molar-refractivity contribution in [1.82, 2.24) is 0 Å². The van der Waals surface area contributed by atoms with Crippen LogP contribution >= 0.6 is 0 Å². The first kappa shape index (κ1) is 11.2. The van der Waals surface area contributed by atoms with Crippen LogP contribution < -0.4 is 0 Å². The van der Waals surface area contributed by atoms with Crippen molar-refractivity contribution in [2.24, 2.45) is 0 Å². The summed E-state index contributed by atoms with van der Waals surface area (Å²) in [6.07, 6.45) is 4.22. The third-order valence-electron chi connectivity index (χ3n) is 2.71. The van der Waals surface area contributed by atoms with Crippen LogP contribution in [0.5, 0.6) is 0 Å². The van der Waals surface area contributed by atoms with Crippen LogP contribution in [0.1, 0.15) is 26.2 Å². The average Bonchev–Trinajstić information content (AvgIpc) is 2.52. The first-order chi connectivity index (χ1) is 6.53. The number of likely N-dealkylation sites (tertiary alicyclic amines) is 1. The highest BCUT2D eigenvalue weighted by Crippen LogP contribution is 2.18. The highest BCUT2D eigenvalue weighted by molar-refractivity contribution is 5.85. The van der Waals surface area contributed by atoms with Gasteiger partial charge >= 0.3 is 5.97 Å². The minimum Gasteiger partial charge on any atom is -0.633 e. The highest BCUT2D eigenvalue weighted by Gasteiger charge is 2.21. The van der Waals surface area contributed by atoms with Crippen LogP contribution in [0.3, 0.4) is 0 Å². The van der Waals surface area contributed by atoms with Gasteiger partial charge in [0.15, 0.2) is 0 Å². The quantitative estimate of drug-likeness (QED) is 0.424. The minimum absolute atomic E-state index is 0.136. The van der Waals surface area contributed by atoms with Crippen molar-refractivity contribution in [2.45, 2.75) is 26.2 Å². The standard InChI is InChI=1S/C10H17NO3/c1-9(10(12)13)5-4-8-11(14)6-2-3-7-11/h5H,2-4,6-8H2,1H3,(H,12,13). The number of carbonyl (C=O) groups is 1. The van der Waals surface area contributed by atoms with Gasteiger partial charge in [0.25, 0.3) is 0 Å². The molecule has 0 aromatic carbocycles. The zero-order chi connectivity index (χ0) is 10.6. The molecule has 1 saturated heterocycles. The van der Waals surface area contributed by atoms with E-state index in [1.54, 1.807) is 13.0 Å². The summed E-state index contributed by atoms with van der Waals surface area (Å²) in [6.45, 7) is 3.46. The highest BCUT2D eigenvalue weighted by atomic mass is 16.5. The monoisotopic (exact) mass is 199 g/mol. The van der Waals surface area contributed by atoms with Crippen LogP contribution in [-0.4, -0.2) is 35.4 Å². The van der Waals surface area contributed by atoms with Crippen molar-refractivity contribution in [3.8, 4) is 0 Å². The molecule has 0 aromatic rings. The number of nitrogens with zero attached hydrogens (tertiary/aromatic N) is 1. The Labute approximate surface area is 84.0 Å². The van der Waals surface area contributed by atoms with E-state index in [0.717, 1.165) is 12.8 Å². The molecule has 0 unspecified atom stereocenters. The molecule has 1 heterocycles. The van der Waals surface area contributed by atoms with Gasteiger partial charge in [0.2, 0.25) is 0 Å². The number of quaternary nitrogens is 1. The van der Waals surface area contributed by atoms with Gasteiger partial charge in [0, 0.05) is 24.8 Å². The van der Waals surface area contributed by atoms with Crippen molar-refractivity contribution in [3.63, 3.8) is 0 Å². The van der Waals surface area contributed by atoms with E-state index in [0.29, 0.717) is 31.6 Å². The van der Waals surface area contributed by atoms with E-state index in [1.807, 2.05) is 0 Å². The summed E-state index contributed by atoms with van der Waals surface area (Å²) in [5.74, 6) is -0.899. The average molecular weight is 199 g/mol. The fourth-order valence-corrected chi connectivity index (χ4v) is 1.74. The van der Waals surface area contributed by atoms with E-state index in [-0.39, 0.29) is 4.65 Å². The molecule has 80 valence electrons. The van der Waals surface area contributed by atoms with E-state index < -0.39 is 5.97 Å². The van der Waals surface area contributed by atoms with Crippen molar-refractivity contribution in [3.05, 3.63) is 16.9 Å². The topological polar surface area (TPSA) is 60.4 Å². The summed E-state index contributed by atoms with van der Waals surface area (Å²) in [5, 5.41) is 20.4. The summed E-state index contributed by atoms with van der Waals surface area (Å²) in [4.78, 5) is 10.5. The molecule has 4 heteroatoms. The molecule has 0 saturated carbocycles. The number of aliphatic carboxylic acids is 1. The maximum Gasteiger partial charge on any atom is 0.330 e. The first-order valence-corrected chi connectivity index (χ1v) is 5.01. The summed E-state index contributed by atoms with van der Waals surface area (Å²) in [7, 11) is 0. The Morgan fingerprint density at radius 3 is 2.57 bits per heavy atom. The Hall–Kier alpha value is -0.870. The van der Waals surface area contributed by atoms with Crippen molar-refractivity contribution in [2.75, 3.05) is 19.6 Å². The maximum atomic E-state index is 11.8. The number of hydroxylamine groups is 3. The van der Waals surface area contributed by atoms with Gasteiger partial charge in [-0.1, -0.05) is 6.08 Å². The molecule has 0 atom stereocenters. The van der Waals surface area contributed by atoms with Gasteiger partial charge in [-0.05, 0) is 6.92 Å². The molecule has 1 rings (SSSR count). The third kappa shape index (κ3) is 3.12. The second kappa shape index (κ2) is 4.57. The van der Waals surface area contributed by atoms with E-state index in [2.05, 4.69) is 0 Å². The number of rotatable bonds is 4. The lowest BCUT2D eigenvalue weighted by atomic mass is 10.2. The maximum absolute atomic E-state index is 11.8. The van der Waals surface area contributed by atoms with Crippen LogP contribution in [0.4, 0.5) is 0 Å². The Balaban J connectivity index is 2.33. The molecule has 0 radical (unpaired) electrons. The number of carboxylic acid groups (broad SMARTS) is 1. The first-order valence-electron chi connectivity index (χ1n) is 5.01. The van der Waals surface area contributed by atoms with E-state index in [1.165, 1.54) is 0 Å². The fourth-order valence-electron chi connectivity index (χ4n) is 1.74. The molecule has 0 aromatic heterocycles. The molecule has 1 fully saturated rings. The third-order valence-corrected chi connectivity index (χ3v) is 2.71. The van der Waals surface area contributed by atoms with Crippen molar-refractivity contribution < 1.29 is 14.5 Å². The second-order valence-electron chi connectivity index (χ2n) is 3.92. The number of carboxylic acids is 1. The van der Waals surface area contributed by atoms with Gasteiger partial charge in [-0.3, -0.25) is 0 Å². The predicted octanol–water partition coefficient (Wildman–Crippen LogP) is 1.52. The molecule has 14 heavy (non-hydrogen) atoms. The van der Waals surface area contributed by atoms with E-state index >= 15 is 0 Å². The molecular formula is C10H17NO3.